The fourth-order valence-corrected chi connectivity index (χ4v) is 2.54. The van der Waals surface area contributed by atoms with Gasteiger partial charge in [-0.05, 0) is 43.5 Å². The molecule has 6 heteroatoms. The molecule has 21 heavy (non-hydrogen) atoms. The van der Waals surface area contributed by atoms with Gasteiger partial charge in [0.1, 0.15) is 12.1 Å². The van der Waals surface area contributed by atoms with E-state index in [1.54, 1.807) is 30.5 Å². The van der Waals surface area contributed by atoms with Crippen molar-refractivity contribution in [1.82, 2.24) is 9.97 Å². The van der Waals surface area contributed by atoms with Crippen LogP contribution in [0.2, 0.25) is 5.02 Å². The molecule has 110 valence electrons. The minimum atomic E-state index is -0.232. The van der Waals surface area contributed by atoms with E-state index in [1.165, 1.54) is 6.33 Å². The number of hydrogen-bond donors (Lipinski definition) is 2. The average molecular weight is 306 g/mol. The van der Waals surface area contributed by atoms with Crippen molar-refractivity contribution in [2.45, 2.75) is 31.4 Å². The zero-order chi connectivity index (χ0) is 14.7. The van der Waals surface area contributed by atoms with Crippen LogP contribution in [-0.2, 0) is 0 Å². The van der Waals surface area contributed by atoms with E-state index < -0.39 is 0 Å². The topological polar surface area (TPSA) is 67.3 Å². The molecule has 1 aliphatic carbocycles. The summed E-state index contributed by atoms with van der Waals surface area (Å²) in [7, 11) is 0. The van der Waals surface area contributed by atoms with E-state index in [0.717, 1.165) is 19.3 Å². The maximum absolute atomic E-state index is 9.59. The quantitative estimate of drug-likeness (QED) is 0.907. The van der Waals surface area contributed by atoms with Gasteiger partial charge in [0.2, 0.25) is 0 Å². The molecule has 0 aliphatic heterocycles. The molecule has 0 saturated heterocycles. The number of aliphatic hydroxyl groups excluding tert-OH is 1. The highest BCUT2D eigenvalue weighted by atomic mass is 35.5. The molecule has 1 aliphatic rings. The summed E-state index contributed by atoms with van der Waals surface area (Å²) in [6.07, 6.45) is 5.33. The second-order valence-corrected chi connectivity index (χ2v) is 5.54. The standard InChI is InChI=1S/C15H16ClN3O2/c16-10-1-5-13(6-2-10)21-14-8-17-9-18-15(14)19-11-3-4-12(20)7-11/h1-2,5-6,8-9,11-12,20H,3-4,7H2,(H,17,18,19)/t11-,12-/m0/s1. The third-order valence-corrected chi connectivity index (χ3v) is 3.72. The Morgan fingerprint density at radius 3 is 2.76 bits per heavy atom. The number of halogens is 1. The first-order valence-corrected chi connectivity index (χ1v) is 7.26. The molecule has 1 aromatic carbocycles. The van der Waals surface area contributed by atoms with Gasteiger partial charge in [-0.15, -0.1) is 0 Å². The lowest BCUT2D eigenvalue weighted by Gasteiger charge is -2.15. The van der Waals surface area contributed by atoms with Gasteiger partial charge in [0, 0.05) is 11.1 Å². The van der Waals surface area contributed by atoms with E-state index in [-0.39, 0.29) is 12.1 Å². The molecular weight excluding hydrogens is 290 g/mol. The molecule has 1 aromatic heterocycles. The number of anilines is 1. The molecule has 2 N–H and O–H groups in total. The number of aliphatic hydroxyl groups is 1. The molecule has 0 amide bonds. The molecule has 0 spiro atoms. The molecule has 5 nitrogen and oxygen atoms in total. The molecule has 3 rings (SSSR count). The Morgan fingerprint density at radius 2 is 2.05 bits per heavy atom. The van der Waals surface area contributed by atoms with Gasteiger partial charge in [0.15, 0.2) is 11.6 Å². The molecule has 1 fully saturated rings. The van der Waals surface area contributed by atoms with Crippen LogP contribution in [0, 0.1) is 0 Å². The Morgan fingerprint density at radius 1 is 1.24 bits per heavy atom. The van der Waals surface area contributed by atoms with Gasteiger partial charge in [-0.3, -0.25) is 0 Å². The first kappa shape index (κ1) is 14.1. The summed E-state index contributed by atoms with van der Waals surface area (Å²) in [6, 6.07) is 7.32. The van der Waals surface area contributed by atoms with Crippen LogP contribution in [-0.4, -0.2) is 27.2 Å². The van der Waals surface area contributed by atoms with Gasteiger partial charge in [-0.25, -0.2) is 9.97 Å². The molecule has 0 radical (unpaired) electrons. The number of nitrogens with zero attached hydrogens (tertiary/aromatic N) is 2. The highest BCUT2D eigenvalue weighted by Crippen LogP contribution is 2.30. The number of nitrogens with one attached hydrogen (secondary N) is 1. The van der Waals surface area contributed by atoms with E-state index in [1.807, 2.05) is 0 Å². The second-order valence-electron chi connectivity index (χ2n) is 5.10. The van der Waals surface area contributed by atoms with E-state index in [2.05, 4.69) is 15.3 Å². The summed E-state index contributed by atoms with van der Waals surface area (Å²) in [5.74, 6) is 1.86. The maximum atomic E-state index is 9.59. The summed E-state index contributed by atoms with van der Waals surface area (Å²) in [6.45, 7) is 0. The van der Waals surface area contributed by atoms with Gasteiger partial charge in [-0.2, -0.15) is 0 Å². The number of aromatic nitrogens is 2. The van der Waals surface area contributed by atoms with Crippen LogP contribution in [0.25, 0.3) is 0 Å². The van der Waals surface area contributed by atoms with Crippen LogP contribution < -0.4 is 10.1 Å². The van der Waals surface area contributed by atoms with Crippen molar-refractivity contribution in [3.63, 3.8) is 0 Å². The lowest BCUT2D eigenvalue weighted by molar-refractivity contribution is 0.182. The van der Waals surface area contributed by atoms with Gasteiger partial charge in [0.25, 0.3) is 0 Å². The molecule has 1 saturated carbocycles. The molecule has 0 bridgehead atoms. The van der Waals surface area contributed by atoms with Crippen molar-refractivity contribution >= 4 is 17.4 Å². The first-order chi connectivity index (χ1) is 10.2. The third kappa shape index (κ3) is 3.62. The first-order valence-electron chi connectivity index (χ1n) is 6.89. The number of benzene rings is 1. The minimum Gasteiger partial charge on any atom is -0.452 e. The zero-order valence-corrected chi connectivity index (χ0v) is 12.1. The average Bonchev–Trinajstić information content (AvgIpc) is 2.89. The summed E-state index contributed by atoms with van der Waals surface area (Å²) in [5.41, 5.74) is 0. The fourth-order valence-electron chi connectivity index (χ4n) is 2.41. The van der Waals surface area contributed by atoms with Crippen molar-refractivity contribution in [2.75, 3.05) is 5.32 Å². The second kappa shape index (κ2) is 6.28. The molecule has 2 atom stereocenters. The highest BCUT2D eigenvalue weighted by Gasteiger charge is 2.23. The Labute approximate surface area is 128 Å². The van der Waals surface area contributed by atoms with Gasteiger partial charge in [0.05, 0.1) is 12.3 Å². The summed E-state index contributed by atoms with van der Waals surface area (Å²) in [5, 5.41) is 13.6. The van der Waals surface area contributed by atoms with Gasteiger partial charge in [-0.1, -0.05) is 11.6 Å². The van der Waals surface area contributed by atoms with Crippen LogP contribution in [0.4, 0.5) is 5.82 Å². The minimum absolute atomic E-state index is 0.211. The Kier molecular flexibility index (Phi) is 4.22. The van der Waals surface area contributed by atoms with Crippen LogP contribution in [0.3, 0.4) is 0 Å². The highest BCUT2D eigenvalue weighted by molar-refractivity contribution is 6.30. The van der Waals surface area contributed by atoms with E-state index in [9.17, 15) is 5.11 Å². The number of hydrogen-bond acceptors (Lipinski definition) is 5. The number of ether oxygens (including phenoxy) is 1. The van der Waals surface area contributed by atoms with Crippen LogP contribution in [0.5, 0.6) is 11.5 Å². The molecule has 2 aromatic rings. The molecular formula is C15H16ClN3O2. The van der Waals surface area contributed by atoms with Crippen molar-refractivity contribution in [1.29, 1.82) is 0 Å². The van der Waals surface area contributed by atoms with E-state index >= 15 is 0 Å². The Balaban J connectivity index is 1.74. The lowest BCUT2D eigenvalue weighted by Crippen LogP contribution is -2.17. The van der Waals surface area contributed by atoms with Crippen LogP contribution in [0.15, 0.2) is 36.8 Å². The lowest BCUT2D eigenvalue weighted by atomic mass is 10.2. The van der Waals surface area contributed by atoms with Gasteiger partial charge >= 0.3 is 0 Å². The van der Waals surface area contributed by atoms with Crippen molar-refractivity contribution in [3.05, 3.63) is 41.8 Å². The SMILES string of the molecule is O[C@H]1CC[C@H](Nc2ncncc2Oc2ccc(Cl)cc2)C1. The van der Waals surface area contributed by atoms with Crippen molar-refractivity contribution in [3.8, 4) is 11.5 Å². The van der Waals surface area contributed by atoms with E-state index in [4.69, 9.17) is 16.3 Å². The smallest absolute Gasteiger partial charge is 0.187 e. The van der Waals surface area contributed by atoms with Crippen LogP contribution in [0.1, 0.15) is 19.3 Å². The summed E-state index contributed by atoms with van der Waals surface area (Å²) in [4.78, 5) is 8.22. The Bertz CT molecular complexity index is 606. The predicted molar refractivity (Wildman–Crippen MR) is 80.8 cm³/mol. The zero-order valence-electron chi connectivity index (χ0n) is 11.4. The normalized spacial score (nSPS) is 21.2. The molecule has 1 heterocycles. The number of rotatable bonds is 4. The third-order valence-electron chi connectivity index (χ3n) is 3.47. The monoisotopic (exact) mass is 305 g/mol. The van der Waals surface area contributed by atoms with Gasteiger partial charge < -0.3 is 15.2 Å². The largest absolute Gasteiger partial charge is 0.452 e. The van der Waals surface area contributed by atoms with Crippen LogP contribution >= 0.6 is 11.6 Å². The summed E-state index contributed by atoms with van der Waals surface area (Å²) < 4.78 is 5.79. The van der Waals surface area contributed by atoms with Crippen molar-refractivity contribution in [2.24, 2.45) is 0 Å². The van der Waals surface area contributed by atoms with Crippen molar-refractivity contribution < 1.29 is 9.84 Å². The Hall–Kier alpha value is -1.85. The maximum Gasteiger partial charge on any atom is 0.187 e. The predicted octanol–water partition coefficient (Wildman–Crippen LogP) is 3.25. The fraction of sp³-hybridized carbons (Fsp3) is 0.333. The van der Waals surface area contributed by atoms with E-state index in [0.29, 0.717) is 22.3 Å². The summed E-state index contributed by atoms with van der Waals surface area (Å²) >= 11 is 5.86. The molecule has 0 unspecified atom stereocenters.